The van der Waals surface area contributed by atoms with Gasteiger partial charge >= 0.3 is 0 Å². The zero-order chi connectivity index (χ0) is 21.1. The highest BCUT2D eigenvalue weighted by Crippen LogP contribution is 2.20. The highest BCUT2D eigenvalue weighted by Gasteiger charge is 2.24. The maximum Gasteiger partial charge on any atom is 0.158 e. The molecule has 0 aliphatic carbocycles. The van der Waals surface area contributed by atoms with Crippen molar-refractivity contribution < 1.29 is 9.78 Å². The van der Waals surface area contributed by atoms with E-state index in [2.05, 4.69) is 39.5 Å². The average Bonchev–Trinajstić information content (AvgIpc) is 2.63. The van der Waals surface area contributed by atoms with Gasteiger partial charge in [-0.15, -0.1) is 5.92 Å². The van der Waals surface area contributed by atoms with Crippen LogP contribution in [0.5, 0.6) is 0 Å². The van der Waals surface area contributed by atoms with Crippen molar-refractivity contribution in [1.29, 1.82) is 0 Å². The summed E-state index contributed by atoms with van der Waals surface area (Å²) >= 11 is 0. The standard InChI is InChI=1S/C26H50O2/c1-7-9-10-11-12-13-14-15-16-17-18-19-20-21-22-24-26(5,6)28-27-25(3,4)23-8-2/h7-21,23H2,1-6H3. The molecule has 0 aromatic rings. The first-order valence-electron chi connectivity index (χ1n) is 12.2. The van der Waals surface area contributed by atoms with Gasteiger partial charge in [-0.1, -0.05) is 103 Å². The first kappa shape index (κ1) is 27.5. The van der Waals surface area contributed by atoms with E-state index >= 15 is 0 Å². The van der Waals surface area contributed by atoms with E-state index < -0.39 is 5.60 Å². The van der Waals surface area contributed by atoms with Crippen LogP contribution >= 0.6 is 0 Å². The van der Waals surface area contributed by atoms with Crippen molar-refractivity contribution in [3.63, 3.8) is 0 Å². The predicted molar refractivity (Wildman–Crippen MR) is 123 cm³/mol. The van der Waals surface area contributed by atoms with E-state index in [0.717, 1.165) is 19.3 Å². The molecule has 0 aliphatic rings. The highest BCUT2D eigenvalue weighted by molar-refractivity contribution is 5.10. The van der Waals surface area contributed by atoms with Crippen molar-refractivity contribution in [2.24, 2.45) is 0 Å². The van der Waals surface area contributed by atoms with Gasteiger partial charge in [0.05, 0.1) is 5.60 Å². The molecule has 0 saturated heterocycles. The second-order valence-corrected chi connectivity index (χ2v) is 9.48. The minimum Gasteiger partial charge on any atom is -0.229 e. The van der Waals surface area contributed by atoms with E-state index in [1.54, 1.807) is 0 Å². The van der Waals surface area contributed by atoms with Gasteiger partial charge in [0.25, 0.3) is 0 Å². The Kier molecular flexibility index (Phi) is 17.0. The molecule has 0 rings (SSSR count). The van der Waals surface area contributed by atoms with Gasteiger partial charge in [-0.2, -0.15) is 0 Å². The molecule has 2 heteroatoms. The molecule has 0 spiro atoms. The molecule has 0 aromatic carbocycles. The SMILES string of the molecule is CCCCCCCCCCCCCCCC#CC(C)(C)OOC(C)(C)CCC. The quantitative estimate of drug-likeness (QED) is 0.100. The second-order valence-electron chi connectivity index (χ2n) is 9.48. The van der Waals surface area contributed by atoms with Gasteiger partial charge < -0.3 is 0 Å². The van der Waals surface area contributed by atoms with Crippen LogP contribution in [0.3, 0.4) is 0 Å². The van der Waals surface area contributed by atoms with Crippen molar-refractivity contribution in [1.82, 2.24) is 0 Å². The molecule has 0 atom stereocenters. The summed E-state index contributed by atoms with van der Waals surface area (Å²) in [5, 5.41) is 0. The molecule has 166 valence electrons. The van der Waals surface area contributed by atoms with Gasteiger partial charge in [0.2, 0.25) is 0 Å². The van der Waals surface area contributed by atoms with Crippen LogP contribution in [-0.2, 0) is 9.78 Å². The molecule has 0 amide bonds. The number of hydrogen-bond acceptors (Lipinski definition) is 2. The zero-order valence-electron chi connectivity index (χ0n) is 20.1. The first-order valence-corrected chi connectivity index (χ1v) is 12.2. The third-order valence-corrected chi connectivity index (χ3v) is 5.12. The summed E-state index contributed by atoms with van der Waals surface area (Å²) < 4.78 is 0. The summed E-state index contributed by atoms with van der Waals surface area (Å²) in [5.74, 6) is 6.50. The van der Waals surface area contributed by atoms with Crippen LogP contribution < -0.4 is 0 Å². The lowest BCUT2D eigenvalue weighted by Gasteiger charge is -2.27. The maximum absolute atomic E-state index is 5.61. The Morgan fingerprint density at radius 1 is 0.571 bits per heavy atom. The van der Waals surface area contributed by atoms with Gasteiger partial charge in [0.15, 0.2) is 5.60 Å². The second kappa shape index (κ2) is 17.3. The summed E-state index contributed by atoms with van der Waals surface area (Å²) in [4.78, 5) is 11.2. The zero-order valence-corrected chi connectivity index (χ0v) is 20.1. The summed E-state index contributed by atoms with van der Waals surface area (Å²) in [6, 6.07) is 0. The highest BCUT2D eigenvalue weighted by atomic mass is 17.2. The van der Waals surface area contributed by atoms with E-state index in [-0.39, 0.29) is 5.60 Å². The normalized spacial score (nSPS) is 12.1. The Morgan fingerprint density at radius 2 is 1.04 bits per heavy atom. The van der Waals surface area contributed by atoms with E-state index in [9.17, 15) is 0 Å². The lowest BCUT2D eigenvalue weighted by atomic mass is 10.0. The van der Waals surface area contributed by atoms with Crippen molar-refractivity contribution in [2.75, 3.05) is 0 Å². The van der Waals surface area contributed by atoms with E-state index in [0.29, 0.717) is 0 Å². The molecule has 0 fully saturated rings. The largest absolute Gasteiger partial charge is 0.229 e. The van der Waals surface area contributed by atoms with Gasteiger partial charge in [0.1, 0.15) is 0 Å². The van der Waals surface area contributed by atoms with Gasteiger partial charge in [-0.3, -0.25) is 0 Å². The Morgan fingerprint density at radius 3 is 1.50 bits per heavy atom. The van der Waals surface area contributed by atoms with Crippen LogP contribution in [0.4, 0.5) is 0 Å². The molecule has 0 radical (unpaired) electrons. The first-order chi connectivity index (χ1) is 13.3. The summed E-state index contributed by atoms with van der Waals surface area (Å²) in [7, 11) is 0. The van der Waals surface area contributed by atoms with Crippen LogP contribution in [0, 0.1) is 11.8 Å². The van der Waals surface area contributed by atoms with Crippen LogP contribution in [0.1, 0.15) is 144 Å². The lowest BCUT2D eigenvalue weighted by molar-refractivity contribution is -0.389. The molecule has 0 aromatic heterocycles. The third kappa shape index (κ3) is 18.8. The summed E-state index contributed by atoms with van der Waals surface area (Å²) in [6.07, 6.45) is 21.1. The number of rotatable bonds is 18. The Hall–Kier alpha value is -0.520. The number of unbranched alkanes of at least 4 members (excludes halogenated alkanes) is 13. The van der Waals surface area contributed by atoms with Crippen molar-refractivity contribution in [3.8, 4) is 11.8 Å². The predicted octanol–water partition coefficient (Wildman–Crippen LogP) is 8.78. The molecule has 2 nitrogen and oxygen atoms in total. The molecule has 0 bridgehead atoms. The monoisotopic (exact) mass is 394 g/mol. The third-order valence-electron chi connectivity index (χ3n) is 5.12. The summed E-state index contributed by atoms with van der Waals surface area (Å²) in [5.41, 5.74) is -0.787. The van der Waals surface area contributed by atoms with E-state index in [1.807, 2.05) is 13.8 Å². The van der Waals surface area contributed by atoms with Crippen LogP contribution in [0.15, 0.2) is 0 Å². The van der Waals surface area contributed by atoms with Crippen molar-refractivity contribution in [3.05, 3.63) is 0 Å². The molecular formula is C26H50O2. The minimum absolute atomic E-state index is 0.247. The smallest absolute Gasteiger partial charge is 0.158 e. The fourth-order valence-corrected chi connectivity index (χ4v) is 3.39. The van der Waals surface area contributed by atoms with Gasteiger partial charge in [-0.25, -0.2) is 9.78 Å². The van der Waals surface area contributed by atoms with Crippen molar-refractivity contribution >= 4 is 0 Å². The minimum atomic E-state index is -0.540. The topological polar surface area (TPSA) is 18.5 Å². The van der Waals surface area contributed by atoms with Gasteiger partial charge in [-0.05, 0) is 40.5 Å². The molecule has 0 N–H and O–H groups in total. The van der Waals surface area contributed by atoms with Crippen molar-refractivity contribution in [2.45, 2.75) is 155 Å². The number of hydrogen-bond donors (Lipinski definition) is 0. The fraction of sp³-hybridized carbons (Fsp3) is 0.923. The Labute approximate surface area is 177 Å². The lowest BCUT2D eigenvalue weighted by Crippen LogP contribution is -2.31. The van der Waals surface area contributed by atoms with E-state index in [1.165, 1.54) is 83.5 Å². The molecule has 0 aliphatic heterocycles. The summed E-state index contributed by atoms with van der Waals surface area (Å²) in [6.45, 7) is 12.5. The van der Waals surface area contributed by atoms with Gasteiger partial charge in [0, 0.05) is 6.42 Å². The average molecular weight is 395 g/mol. The molecule has 0 saturated carbocycles. The fourth-order valence-electron chi connectivity index (χ4n) is 3.39. The van der Waals surface area contributed by atoms with Crippen LogP contribution in [0.25, 0.3) is 0 Å². The molecule has 0 unspecified atom stereocenters. The molecule has 0 heterocycles. The molecule has 28 heavy (non-hydrogen) atoms. The Balaban J connectivity index is 3.55. The van der Waals surface area contributed by atoms with Crippen LogP contribution in [-0.4, -0.2) is 11.2 Å². The maximum atomic E-state index is 5.61. The van der Waals surface area contributed by atoms with E-state index in [4.69, 9.17) is 9.78 Å². The van der Waals surface area contributed by atoms with Crippen LogP contribution in [0.2, 0.25) is 0 Å². The Bertz CT molecular complexity index is 400. The molecular weight excluding hydrogens is 344 g/mol.